The summed E-state index contributed by atoms with van der Waals surface area (Å²) in [5.41, 5.74) is 1.24. The highest BCUT2D eigenvalue weighted by atomic mass is 32.2. The van der Waals surface area contributed by atoms with E-state index in [0.29, 0.717) is 17.9 Å². The minimum absolute atomic E-state index is 0.0750. The maximum Gasteiger partial charge on any atom is 0.290 e. The molecule has 0 bridgehead atoms. The van der Waals surface area contributed by atoms with E-state index in [4.69, 9.17) is 4.74 Å². The lowest BCUT2D eigenvalue weighted by Crippen LogP contribution is -2.17. The summed E-state index contributed by atoms with van der Waals surface area (Å²) in [7, 11) is 0. The average Bonchev–Trinajstić information content (AvgIpc) is 2.69. The van der Waals surface area contributed by atoms with E-state index in [9.17, 15) is 14.7 Å². The van der Waals surface area contributed by atoms with Crippen LogP contribution in [0.2, 0.25) is 0 Å². The van der Waals surface area contributed by atoms with Crippen LogP contribution in [0.3, 0.4) is 0 Å². The Labute approximate surface area is 120 Å². The number of phenols is 1. The van der Waals surface area contributed by atoms with Gasteiger partial charge in [-0.15, -0.1) is 0 Å². The van der Waals surface area contributed by atoms with E-state index in [1.54, 1.807) is 18.2 Å². The summed E-state index contributed by atoms with van der Waals surface area (Å²) in [6, 6.07) is 4.94. The molecule has 2 rings (SSSR count). The summed E-state index contributed by atoms with van der Waals surface area (Å²) < 4.78 is 5.40. The van der Waals surface area contributed by atoms with Gasteiger partial charge in [0.05, 0.1) is 4.91 Å². The maximum atomic E-state index is 11.5. The smallest absolute Gasteiger partial charge is 0.290 e. The number of hydrogen-bond acceptors (Lipinski definition) is 5. The molecular weight excluding hydrogens is 278 g/mol. The number of carbonyl (C=O) groups is 2. The molecule has 1 aliphatic heterocycles. The van der Waals surface area contributed by atoms with E-state index in [2.05, 4.69) is 11.9 Å². The van der Waals surface area contributed by atoms with Crippen LogP contribution in [0, 0.1) is 0 Å². The zero-order chi connectivity index (χ0) is 14.7. The summed E-state index contributed by atoms with van der Waals surface area (Å²) in [5, 5.41) is 11.8. The maximum absolute atomic E-state index is 11.5. The minimum Gasteiger partial charge on any atom is -0.504 e. The van der Waals surface area contributed by atoms with Gasteiger partial charge in [-0.3, -0.25) is 14.9 Å². The van der Waals surface area contributed by atoms with Crippen LogP contribution in [0.5, 0.6) is 11.5 Å². The second-order valence-corrected chi connectivity index (χ2v) is 5.31. The first-order chi connectivity index (χ1) is 9.47. The van der Waals surface area contributed by atoms with Gasteiger partial charge < -0.3 is 9.84 Å². The van der Waals surface area contributed by atoms with Gasteiger partial charge in [-0.05, 0) is 36.4 Å². The van der Waals surface area contributed by atoms with Gasteiger partial charge in [-0.1, -0.05) is 18.7 Å². The van der Waals surface area contributed by atoms with Crippen LogP contribution in [0.25, 0.3) is 6.08 Å². The number of thioether (sulfide) groups is 1. The third-order valence-corrected chi connectivity index (χ3v) is 3.24. The zero-order valence-corrected chi connectivity index (χ0v) is 11.6. The molecule has 0 aromatic heterocycles. The number of amides is 2. The number of para-hydroxylation sites is 1. The van der Waals surface area contributed by atoms with Crippen molar-refractivity contribution in [3.05, 3.63) is 40.8 Å². The molecule has 0 spiro atoms. The molecule has 2 N–H and O–H groups in total. The highest BCUT2D eigenvalue weighted by molar-refractivity contribution is 8.18. The predicted molar refractivity (Wildman–Crippen MR) is 77.5 cm³/mol. The van der Waals surface area contributed by atoms with Crippen molar-refractivity contribution in [2.24, 2.45) is 0 Å². The molecule has 0 aliphatic carbocycles. The summed E-state index contributed by atoms with van der Waals surface area (Å²) in [5.74, 6) is -0.237. The third-order valence-electron chi connectivity index (χ3n) is 2.43. The fraction of sp³-hybridized carbons (Fsp3) is 0.143. The molecule has 1 aromatic carbocycles. The molecule has 104 valence electrons. The van der Waals surface area contributed by atoms with E-state index in [1.165, 1.54) is 6.08 Å². The number of aromatic hydroxyl groups is 1. The summed E-state index contributed by atoms with van der Waals surface area (Å²) in [6.07, 6.45) is 1.45. The lowest BCUT2D eigenvalue weighted by atomic mass is 10.1. The number of nitrogens with one attached hydrogen (secondary N) is 1. The highest BCUT2D eigenvalue weighted by Gasteiger charge is 2.25. The van der Waals surface area contributed by atoms with Crippen molar-refractivity contribution in [3.63, 3.8) is 0 Å². The Bertz CT molecular complexity index is 622. The van der Waals surface area contributed by atoms with Crippen LogP contribution in [0.1, 0.15) is 12.5 Å². The number of imide groups is 1. The fourth-order valence-corrected chi connectivity index (χ4v) is 2.21. The molecule has 5 nitrogen and oxygen atoms in total. The van der Waals surface area contributed by atoms with Gasteiger partial charge >= 0.3 is 0 Å². The lowest BCUT2D eigenvalue weighted by molar-refractivity contribution is -0.115. The van der Waals surface area contributed by atoms with Gasteiger partial charge in [-0.2, -0.15) is 0 Å². The van der Waals surface area contributed by atoms with E-state index in [-0.39, 0.29) is 10.7 Å². The predicted octanol–water partition coefficient (Wildman–Crippen LogP) is 2.67. The second-order valence-electron chi connectivity index (χ2n) is 4.29. The fourth-order valence-electron chi connectivity index (χ4n) is 1.54. The third kappa shape index (κ3) is 3.21. The number of phenolic OH excluding ortho intramolecular Hbond substituents is 1. The van der Waals surface area contributed by atoms with Crippen LogP contribution >= 0.6 is 11.8 Å². The molecule has 1 saturated heterocycles. The SMILES string of the molecule is C=C(C)COc1cccc(C=C2SC(=O)NC2=O)c1O. The summed E-state index contributed by atoms with van der Waals surface area (Å²) in [4.78, 5) is 22.8. The normalized spacial score (nSPS) is 16.4. The standard InChI is InChI=1S/C14H13NO4S/c1-8(2)7-19-10-5-3-4-9(12(10)16)6-11-13(17)15-14(18)20-11/h3-6,16H,1,7H2,2H3,(H,15,17,18). The molecule has 1 fully saturated rings. The van der Waals surface area contributed by atoms with Crippen LogP contribution < -0.4 is 10.1 Å². The highest BCUT2D eigenvalue weighted by Crippen LogP contribution is 2.34. The van der Waals surface area contributed by atoms with Gasteiger partial charge in [0.25, 0.3) is 11.1 Å². The molecule has 0 saturated carbocycles. The summed E-state index contributed by atoms with van der Waals surface area (Å²) in [6.45, 7) is 5.82. The first-order valence-corrected chi connectivity index (χ1v) is 6.63. The average molecular weight is 291 g/mol. The Morgan fingerprint density at radius 3 is 2.85 bits per heavy atom. The van der Waals surface area contributed by atoms with Crippen molar-refractivity contribution < 1.29 is 19.4 Å². The molecule has 20 heavy (non-hydrogen) atoms. The zero-order valence-electron chi connectivity index (χ0n) is 10.8. The number of ether oxygens (including phenoxy) is 1. The Hall–Kier alpha value is -2.21. The number of rotatable bonds is 4. The van der Waals surface area contributed by atoms with E-state index in [1.807, 2.05) is 6.92 Å². The van der Waals surface area contributed by atoms with Crippen LogP contribution in [-0.4, -0.2) is 22.9 Å². The van der Waals surface area contributed by atoms with Crippen molar-refractivity contribution in [1.82, 2.24) is 5.32 Å². The first-order valence-electron chi connectivity index (χ1n) is 5.81. The number of hydrogen-bond donors (Lipinski definition) is 2. The molecule has 2 amide bonds. The minimum atomic E-state index is -0.465. The second kappa shape index (κ2) is 5.83. The summed E-state index contributed by atoms with van der Waals surface area (Å²) >= 11 is 0.797. The van der Waals surface area contributed by atoms with Crippen LogP contribution in [-0.2, 0) is 4.79 Å². The molecule has 0 unspecified atom stereocenters. The molecule has 0 atom stereocenters. The van der Waals surface area contributed by atoms with E-state index in [0.717, 1.165) is 17.3 Å². The molecule has 1 heterocycles. The molecule has 1 aromatic rings. The van der Waals surface area contributed by atoms with Gasteiger partial charge in [0, 0.05) is 5.56 Å². The lowest BCUT2D eigenvalue weighted by Gasteiger charge is -2.09. The van der Waals surface area contributed by atoms with Gasteiger partial charge in [0.2, 0.25) is 0 Å². The van der Waals surface area contributed by atoms with Gasteiger partial charge in [0.15, 0.2) is 11.5 Å². The Balaban J connectivity index is 2.27. The van der Waals surface area contributed by atoms with Crippen LogP contribution in [0.15, 0.2) is 35.3 Å². The first kappa shape index (κ1) is 14.2. The Kier molecular flexibility index (Phi) is 4.14. The Morgan fingerprint density at radius 1 is 1.50 bits per heavy atom. The Morgan fingerprint density at radius 2 is 2.25 bits per heavy atom. The molecular formula is C14H13NO4S. The van der Waals surface area contributed by atoms with E-state index < -0.39 is 11.1 Å². The largest absolute Gasteiger partial charge is 0.504 e. The van der Waals surface area contributed by atoms with Gasteiger partial charge in [-0.25, -0.2) is 0 Å². The van der Waals surface area contributed by atoms with Crippen molar-refractivity contribution in [2.75, 3.05) is 6.61 Å². The van der Waals surface area contributed by atoms with Crippen molar-refractivity contribution in [2.45, 2.75) is 6.92 Å². The van der Waals surface area contributed by atoms with E-state index >= 15 is 0 Å². The topological polar surface area (TPSA) is 75.6 Å². The monoisotopic (exact) mass is 291 g/mol. The number of benzene rings is 1. The van der Waals surface area contributed by atoms with Gasteiger partial charge in [0.1, 0.15) is 6.61 Å². The molecule has 0 radical (unpaired) electrons. The number of carbonyl (C=O) groups excluding carboxylic acids is 2. The molecule has 1 aliphatic rings. The van der Waals surface area contributed by atoms with Crippen molar-refractivity contribution in [3.8, 4) is 11.5 Å². The quantitative estimate of drug-likeness (QED) is 0.659. The van der Waals surface area contributed by atoms with Crippen molar-refractivity contribution in [1.29, 1.82) is 0 Å². The van der Waals surface area contributed by atoms with Crippen molar-refractivity contribution >= 4 is 29.0 Å². The van der Waals surface area contributed by atoms with Crippen LogP contribution in [0.4, 0.5) is 4.79 Å². The molecule has 6 heteroatoms.